The highest BCUT2D eigenvalue weighted by molar-refractivity contribution is 5.91. The highest BCUT2D eigenvalue weighted by atomic mass is 16.5. The number of hydrogen-bond acceptors (Lipinski definition) is 5. The van der Waals surface area contributed by atoms with Crippen LogP contribution < -0.4 is 5.32 Å². The van der Waals surface area contributed by atoms with Crippen molar-refractivity contribution < 1.29 is 18.4 Å². The van der Waals surface area contributed by atoms with Crippen molar-refractivity contribution in [3.63, 3.8) is 0 Å². The number of rotatable bonds is 6. The van der Waals surface area contributed by atoms with Gasteiger partial charge in [0.25, 0.3) is 0 Å². The summed E-state index contributed by atoms with van der Waals surface area (Å²) in [6.45, 7) is 5.44. The molecule has 0 bridgehead atoms. The quantitative estimate of drug-likeness (QED) is 0.824. The Morgan fingerprint density at radius 2 is 2.17 bits per heavy atom. The summed E-state index contributed by atoms with van der Waals surface area (Å²) in [5, 5.41) is 2.94. The molecule has 0 aliphatic carbocycles. The molecule has 0 spiro atoms. The first-order valence-electron chi connectivity index (χ1n) is 8.10. The van der Waals surface area contributed by atoms with Crippen molar-refractivity contribution in [2.45, 2.75) is 13.0 Å². The fourth-order valence-electron chi connectivity index (χ4n) is 2.73. The summed E-state index contributed by atoms with van der Waals surface area (Å²) in [5.74, 6) is 2.22. The lowest BCUT2D eigenvalue weighted by atomic mass is 10.1. The van der Waals surface area contributed by atoms with Gasteiger partial charge in [-0.1, -0.05) is 0 Å². The summed E-state index contributed by atoms with van der Waals surface area (Å²) in [4.78, 5) is 14.3. The zero-order valence-corrected chi connectivity index (χ0v) is 13.7. The molecule has 1 amide bonds. The molecule has 0 saturated carbocycles. The van der Waals surface area contributed by atoms with Crippen molar-refractivity contribution in [3.8, 4) is 0 Å². The van der Waals surface area contributed by atoms with E-state index in [9.17, 15) is 4.79 Å². The summed E-state index contributed by atoms with van der Waals surface area (Å²) < 4.78 is 16.4. The van der Waals surface area contributed by atoms with Crippen molar-refractivity contribution in [3.05, 3.63) is 53.9 Å². The van der Waals surface area contributed by atoms with Gasteiger partial charge in [-0.25, -0.2) is 0 Å². The van der Waals surface area contributed by atoms with E-state index >= 15 is 0 Å². The Labute approximate surface area is 141 Å². The Morgan fingerprint density at radius 3 is 2.83 bits per heavy atom. The summed E-state index contributed by atoms with van der Waals surface area (Å²) in [5.41, 5.74) is 0. The van der Waals surface area contributed by atoms with Crippen LogP contribution in [0.25, 0.3) is 6.08 Å². The predicted octanol–water partition coefficient (Wildman–Crippen LogP) is 2.38. The Kier molecular flexibility index (Phi) is 5.51. The van der Waals surface area contributed by atoms with Crippen LogP contribution in [0.3, 0.4) is 0 Å². The molecule has 0 radical (unpaired) electrons. The van der Waals surface area contributed by atoms with Crippen molar-refractivity contribution in [2.75, 3.05) is 32.8 Å². The van der Waals surface area contributed by atoms with E-state index in [2.05, 4.69) is 10.2 Å². The molecule has 1 saturated heterocycles. The van der Waals surface area contributed by atoms with Crippen molar-refractivity contribution >= 4 is 12.0 Å². The lowest BCUT2D eigenvalue weighted by molar-refractivity contribution is -0.116. The van der Waals surface area contributed by atoms with Gasteiger partial charge in [0, 0.05) is 25.7 Å². The zero-order chi connectivity index (χ0) is 16.8. The van der Waals surface area contributed by atoms with Gasteiger partial charge < -0.3 is 18.9 Å². The third-order valence-corrected chi connectivity index (χ3v) is 3.99. The molecule has 2 aromatic rings. The fourth-order valence-corrected chi connectivity index (χ4v) is 2.73. The molecule has 24 heavy (non-hydrogen) atoms. The van der Waals surface area contributed by atoms with Crippen LogP contribution >= 0.6 is 0 Å². The molecule has 3 rings (SSSR count). The number of ether oxygens (including phenoxy) is 1. The van der Waals surface area contributed by atoms with E-state index < -0.39 is 0 Å². The van der Waals surface area contributed by atoms with Crippen LogP contribution in [0.5, 0.6) is 0 Å². The summed E-state index contributed by atoms with van der Waals surface area (Å²) in [6, 6.07) is 7.50. The standard InChI is InChI=1S/C18H22N2O4/c1-14-4-6-17(24-14)16(20-8-11-22-12-9-20)13-19-18(21)7-5-15-3-2-10-23-15/h2-7,10,16H,8-9,11-13H2,1H3,(H,19,21). The van der Waals surface area contributed by atoms with Crippen LogP contribution in [0.2, 0.25) is 0 Å². The van der Waals surface area contributed by atoms with Gasteiger partial charge in [-0.05, 0) is 37.3 Å². The Bertz CT molecular complexity index is 669. The smallest absolute Gasteiger partial charge is 0.244 e. The normalized spacial score (nSPS) is 17.2. The van der Waals surface area contributed by atoms with E-state index in [-0.39, 0.29) is 11.9 Å². The molecular weight excluding hydrogens is 308 g/mol. The van der Waals surface area contributed by atoms with Crippen molar-refractivity contribution in [2.24, 2.45) is 0 Å². The largest absolute Gasteiger partial charge is 0.465 e. The molecule has 1 fully saturated rings. The van der Waals surface area contributed by atoms with E-state index in [0.717, 1.165) is 24.6 Å². The molecule has 1 unspecified atom stereocenters. The van der Waals surface area contributed by atoms with Crippen LogP contribution in [0.15, 0.2) is 45.4 Å². The second-order valence-electron chi connectivity index (χ2n) is 5.71. The van der Waals surface area contributed by atoms with Gasteiger partial charge >= 0.3 is 0 Å². The molecule has 1 atom stereocenters. The zero-order valence-electron chi connectivity index (χ0n) is 13.7. The summed E-state index contributed by atoms with van der Waals surface area (Å²) in [7, 11) is 0. The van der Waals surface area contributed by atoms with Gasteiger partial charge in [-0.15, -0.1) is 0 Å². The number of furan rings is 2. The molecule has 1 aliphatic heterocycles. The lowest BCUT2D eigenvalue weighted by Crippen LogP contribution is -2.43. The Morgan fingerprint density at radius 1 is 1.33 bits per heavy atom. The topological polar surface area (TPSA) is 67.9 Å². The van der Waals surface area contributed by atoms with Gasteiger partial charge in [-0.3, -0.25) is 9.69 Å². The summed E-state index contributed by atoms with van der Waals surface area (Å²) >= 11 is 0. The number of amides is 1. The molecule has 1 N–H and O–H groups in total. The highest BCUT2D eigenvalue weighted by Gasteiger charge is 2.25. The second-order valence-corrected chi connectivity index (χ2v) is 5.71. The maximum Gasteiger partial charge on any atom is 0.244 e. The Balaban J connectivity index is 1.62. The maximum absolute atomic E-state index is 12.0. The lowest BCUT2D eigenvalue weighted by Gasteiger charge is -2.33. The molecule has 6 nitrogen and oxygen atoms in total. The van der Waals surface area contributed by atoms with E-state index in [4.69, 9.17) is 13.6 Å². The Hall–Kier alpha value is -2.31. The van der Waals surface area contributed by atoms with Gasteiger partial charge in [0.15, 0.2) is 0 Å². The SMILES string of the molecule is Cc1ccc(C(CNC(=O)C=Cc2ccco2)N2CCOCC2)o1. The monoisotopic (exact) mass is 330 g/mol. The van der Waals surface area contributed by atoms with Crippen molar-refractivity contribution in [1.29, 1.82) is 0 Å². The number of aryl methyl sites for hydroxylation is 1. The highest BCUT2D eigenvalue weighted by Crippen LogP contribution is 2.23. The van der Waals surface area contributed by atoms with Crippen LogP contribution in [0.1, 0.15) is 23.3 Å². The molecule has 0 aromatic carbocycles. The molecule has 3 heterocycles. The first-order chi connectivity index (χ1) is 11.7. The number of hydrogen-bond donors (Lipinski definition) is 1. The van der Waals surface area contributed by atoms with Crippen LogP contribution in [-0.4, -0.2) is 43.7 Å². The second kappa shape index (κ2) is 7.99. The number of nitrogens with one attached hydrogen (secondary N) is 1. The molecule has 6 heteroatoms. The molecule has 128 valence electrons. The third-order valence-electron chi connectivity index (χ3n) is 3.99. The number of morpholine rings is 1. The van der Waals surface area contributed by atoms with Crippen LogP contribution in [0, 0.1) is 6.92 Å². The average Bonchev–Trinajstić information content (AvgIpc) is 3.26. The molecule has 1 aliphatic rings. The average molecular weight is 330 g/mol. The number of nitrogens with zero attached hydrogens (tertiary/aromatic N) is 1. The van der Waals surface area contributed by atoms with E-state index in [1.807, 2.05) is 19.1 Å². The van der Waals surface area contributed by atoms with Gasteiger partial charge in [0.05, 0.1) is 25.5 Å². The number of carbonyl (C=O) groups excluding carboxylic acids is 1. The number of carbonyl (C=O) groups is 1. The third kappa shape index (κ3) is 4.37. The minimum atomic E-state index is -0.159. The van der Waals surface area contributed by atoms with E-state index in [1.54, 1.807) is 24.5 Å². The summed E-state index contributed by atoms with van der Waals surface area (Å²) in [6.07, 6.45) is 4.70. The first kappa shape index (κ1) is 16.5. The van der Waals surface area contributed by atoms with Crippen LogP contribution in [-0.2, 0) is 9.53 Å². The fraction of sp³-hybridized carbons (Fsp3) is 0.389. The van der Waals surface area contributed by atoms with Crippen LogP contribution in [0.4, 0.5) is 0 Å². The minimum absolute atomic E-state index is 0.00330. The van der Waals surface area contributed by atoms with Gasteiger partial charge in [-0.2, -0.15) is 0 Å². The van der Waals surface area contributed by atoms with E-state index in [0.29, 0.717) is 25.5 Å². The van der Waals surface area contributed by atoms with Gasteiger partial charge in [0.1, 0.15) is 17.3 Å². The predicted molar refractivity (Wildman–Crippen MR) is 89.3 cm³/mol. The van der Waals surface area contributed by atoms with E-state index in [1.165, 1.54) is 6.08 Å². The molecular formula is C18H22N2O4. The molecule has 2 aromatic heterocycles. The van der Waals surface area contributed by atoms with Crippen molar-refractivity contribution in [1.82, 2.24) is 10.2 Å². The maximum atomic E-state index is 12.0. The minimum Gasteiger partial charge on any atom is -0.465 e. The van der Waals surface area contributed by atoms with Gasteiger partial charge in [0.2, 0.25) is 5.91 Å². The first-order valence-corrected chi connectivity index (χ1v) is 8.10.